The minimum Gasteiger partial charge on any atom is -0.497 e. The van der Waals surface area contributed by atoms with Gasteiger partial charge in [0.25, 0.3) is 0 Å². The molecule has 0 radical (unpaired) electrons. The number of rotatable bonds is 4. The summed E-state index contributed by atoms with van der Waals surface area (Å²) < 4.78 is 10.2. The number of ether oxygens (including phenoxy) is 2. The molecule has 0 N–H and O–H groups in total. The Balaban J connectivity index is 2.21. The van der Waals surface area contributed by atoms with Gasteiger partial charge in [0.05, 0.1) is 13.7 Å². The molecule has 0 bridgehead atoms. The lowest BCUT2D eigenvalue weighted by Gasteiger charge is -1.99. The molecule has 2 rings (SSSR count). The summed E-state index contributed by atoms with van der Waals surface area (Å²) in [6, 6.07) is 15.8. The van der Waals surface area contributed by atoms with Gasteiger partial charge in [0.2, 0.25) is 0 Å². The zero-order valence-electron chi connectivity index (χ0n) is 12.3. The number of methoxy groups -OCH3 is 2. The van der Waals surface area contributed by atoms with Crippen LogP contribution >= 0.6 is 0 Å². The van der Waals surface area contributed by atoms with Crippen LogP contribution in [0.5, 0.6) is 5.75 Å². The smallest absolute Gasteiger partial charge is 0.118 e. The topological polar surface area (TPSA) is 18.5 Å². The average Bonchev–Trinajstić information content (AvgIpc) is 2.54. The summed E-state index contributed by atoms with van der Waals surface area (Å²) in [6.45, 7) is 0.597. The Hall–Kier alpha value is -2.50. The first-order chi connectivity index (χ1) is 10.3. The van der Waals surface area contributed by atoms with Gasteiger partial charge in [-0.25, -0.2) is 0 Å². The number of hydrogen-bond acceptors (Lipinski definition) is 2. The Bertz CT molecular complexity index is 658. The molecule has 21 heavy (non-hydrogen) atoms. The molecule has 0 aliphatic rings. The highest BCUT2D eigenvalue weighted by Crippen LogP contribution is 2.12. The van der Waals surface area contributed by atoms with E-state index in [1.807, 2.05) is 60.7 Å². The van der Waals surface area contributed by atoms with Crippen molar-refractivity contribution in [2.75, 3.05) is 20.8 Å². The summed E-state index contributed by atoms with van der Waals surface area (Å²) in [7, 11) is 3.34. The predicted octanol–water partition coefficient (Wildman–Crippen LogP) is 3.75. The second-order valence-electron chi connectivity index (χ2n) is 4.42. The highest BCUT2D eigenvalue weighted by Gasteiger charge is 1.95. The molecule has 0 aliphatic carbocycles. The van der Waals surface area contributed by atoms with Gasteiger partial charge in [-0.1, -0.05) is 42.2 Å². The van der Waals surface area contributed by atoms with Crippen molar-refractivity contribution in [3.63, 3.8) is 0 Å². The molecule has 2 aromatic carbocycles. The molecule has 0 unspecified atom stereocenters. The Labute approximate surface area is 126 Å². The van der Waals surface area contributed by atoms with E-state index >= 15 is 0 Å². The van der Waals surface area contributed by atoms with E-state index in [-0.39, 0.29) is 0 Å². The SMILES string of the molecule is COCC=Cc1ccccc1C#Cc1ccc(OC)cc1. The van der Waals surface area contributed by atoms with Crippen LogP contribution in [0.2, 0.25) is 0 Å². The lowest BCUT2D eigenvalue weighted by molar-refractivity contribution is 0.234. The normalized spacial score (nSPS) is 10.2. The zero-order valence-corrected chi connectivity index (χ0v) is 12.3. The summed E-state index contributed by atoms with van der Waals surface area (Å²) in [5.74, 6) is 7.22. The quantitative estimate of drug-likeness (QED) is 0.793. The largest absolute Gasteiger partial charge is 0.497 e. The van der Waals surface area contributed by atoms with Crippen molar-refractivity contribution in [1.29, 1.82) is 0 Å². The molecular weight excluding hydrogens is 260 g/mol. The average molecular weight is 278 g/mol. The van der Waals surface area contributed by atoms with Crippen LogP contribution < -0.4 is 4.74 Å². The maximum atomic E-state index is 5.14. The fourth-order valence-corrected chi connectivity index (χ4v) is 1.84. The first-order valence-electron chi connectivity index (χ1n) is 6.74. The Morgan fingerprint density at radius 3 is 2.43 bits per heavy atom. The van der Waals surface area contributed by atoms with Crippen LogP contribution in [0.3, 0.4) is 0 Å². The molecule has 0 heterocycles. The lowest BCUT2D eigenvalue weighted by atomic mass is 10.1. The van der Waals surface area contributed by atoms with Crippen LogP contribution in [-0.4, -0.2) is 20.8 Å². The Morgan fingerprint density at radius 1 is 0.952 bits per heavy atom. The highest BCUT2D eigenvalue weighted by molar-refractivity contribution is 5.60. The molecule has 0 aliphatic heterocycles. The summed E-state index contributed by atoms with van der Waals surface area (Å²) in [5.41, 5.74) is 3.06. The van der Waals surface area contributed by atoms with Crippen molar-refractivity contribution in [2.24, 2.45) is 0 Å². The Morgan fingerprint density at radius 2 is 1.71 bits per heavy atom. The van der Waals surface area contributed by atoms with E-state index in [0.29, 0.717) is 6.61 Å². The van der Waals surface area contributed by atoms with Crippen molar-refractivity contribution in [2.45, 2.75) is 0 Å². The van der Waals surface area contributed by atoms with Gasteiger partial charge < -0.3 is 9.47 Å². The van der Waals surface area contributed by atoms with Crippen LogP contribution in [0.15, 0.2) is 54.6 Å². The monoisotopic (exact) mass is 278 g/mol. The molecule has 2 nitrogen and oxygen atoms in total. The van der Waals surface area contributed by atoms with Gasteiger partial charge in [-0.15, -0.1) is 0 Å². The summed E-state index contributed by atoms with van der Waals surface area (Å²) in [4.78, 5) is 0. The molecule has 2 heteroatoms. The molecule has 0 atom stereocenters. The lowest BCUT2D eigenvalue weighted by Crippen LogP contribution is -1.85. The first-order valence-corrected chi connectivity index (χ1v) is 6.74. The van der Waals surface area contributed by atoms with E-state index in [0.717, 1.165) is 22.4 Å². The molecule has 0 fully saturated rings. The van der Waals surface area contributed by atoms with Gasteiger partial charge in [-0.05, 0) is 35.9 Å². The van der Waals surface area contributed by atoms with Crippen LogP contribution in [0, 0.1) is 11.8 Å². The molecule has 0 spiro atoms. The standard InChI is InChI=1S/C19H18O2/c1-20-15-5-8-17-6-3-4-7-18(17)12-9-16-10-13-19(21-2)14-11-16/h3-8,10-11,13-14H,15H2,1-2H3. The third-order valence-corrected chi connectivity index (χ3v) is 2.95. The van der Waals surface area contributed by atoms with Gasteiger partial charge in [-0.2, -0.15) is 0 Å². The first kappa shape index (κ1) is 14.9. The van der Waals surface area contributed by atoms with Gasteiger partial charge in [-0.3, -0.25) is 0 Å². The van der Waals surface area contributed by atoms with Crippen molar-refractivity contribution >= 4 is 6.08 Å². The fourth-order valence-electron chi connectivity index (χ4n) is 1.84. The van der Waals surface area contributed by atoms with E-state index in [9.17, 15) is 0 Å². The summed E-state index contributed by atoms with van der Waals surface area (Å²) >= 11 is 0. The predicted molar refractivity (Wildman–Crippen MR) is 86.3 cm³/mol. The number of hydrogen-bond donors (Lipinski definition) is 0. The van der Waals surface area contributed by atoms with E-state index in [2.05, 4.69) is 11.8 Å². The van der Waals surface area contributed by atoms with Gasteiger partial charge in [0.1, 0.15) is 5.75 Å². The third-order valence-electron chi connectivity index (χ3n) is 2.95. The van der Waals surface area contributed by atoms with Crippen LogP contribution in [0.25, 0.3) is 6.08 Å². The van der Waals surface area contributed by atoms with E-state index in [1.54, 1.807) is 14.2 Å². The van der Waals surface area contributed by atoms with Crippen molar-refractivity contribution in [3.8, 4) is 17.6 Å². The maximum Gasteiger partial charge on any atom is 0.118 e. The van der Waals surface area contributed by atoms with Crippen molar-refractivity contribution in [1.82, 2.24) is 0 Å². The minimum atomic E-state index is 0.597. The maximum absolute atomic E-state index is 5.14. The van der Waals surface area contributed by atoms with E-state index in [1.165, 1.54) is 0 Å². The second-order valence-corrected chi connectivity index (χ2v) is 4.42. The van der Waals surface area contributed by atoms with E-state index < -0.39 is 0 Å². The van der Waals surface area contributed by atoms with Gasteiger partial charge in [0, 0.05) is 18.2 Å². The fraction of sp³-hybridized carbons (Fsp3) is 0.158. The molecular formula is C19H18O2. The molecule has 0 aromatic heterocycles. The third kappa shape index (κ3) is 4.52. The summed E-state index contributed by atoms with van der Waals surface area (Å²) in [5, 5.41) is 0. The highest BCUT2D eigenvalue weighted by atomic mass is 16.5. The second kappa shape index (κ2) is 7.94. The van der Waals surface area contributed by atoms with Crippen LogP contribution in [-0.2, 0) is 4.74 Å². The van der Waals surface area contributed by atoms with Crippen molar-refractivity contribution in [3.05, 3.63) is 71.3 Å². The van der Waals surface area contributed by atoms with Gasteiger partial charge in [0.15, 0.2) is 0 Å². The molecule has 0 amide bonds. The molecule has 106 valence electrons. The molecule has 0 saturated carbocycles. The van der Waals surface area contributed by atoms with Gasteiger partial charge >= 0.3 is 0 Å². The molecule has 2 aromatic rings. The number of benzene rings is 2. The van der Waals surface area contributed by atoms with Crippen LogP contribution in [0.1, 0.15) is 16.7 Å². The Kier molecular flexibility index (Phi) is 5.63. The minimum absolute atomic E-state index is 0.597. The van der Waals surface area contributed by atoms with Crippen molar-refractivity contribution < 1.29 is 9.47 Å². The molecule has 0 saturated heterocycles. The van der Waals surface area contributed by atoms with E-state index in [4.69, 9.17) is 9.47 Å². The van der Waals surface area contributed by atoms with Crippen LogP contribution in [0.4, 0.5) is 0 Å². The zero-order chi connectivity index (χ0) is 14.9. The summed E-state index contributed by atoms with van der Waals surface area (Å²) in [6.07, 6.45) is 4.01.